The summed E-state index contributed by atoms with van der Waals surface area (Å²) in [6, 6.07) is 12.2. The lowest BCUT2D eigenvalue weighted by Crippen LogP contribution is -2.23. The molecule has 0 radical (unpaired) electrons. The van der Waals surface area contributed by atoms with Gasteiger partial charge in [0.2, 0.25) is 0 Å². The zero-order valence-corrected chi connectivity index (χ0v) is 12.5. The van der Waals surface area contributed by atoms with E-state index in [9.17, 15) is 9.59 Å². The topological polar surface area (TPSA) is 75.6 Å². The van der Waals surface area contributed by atoms with Gasteiger partial charge in [0.05, 0.1) is 11.3 Å². The molecule has 0 saturated heterocycles. The summed E-state index contributed by atoms with van der Waals surface area (Å²) < 4.78 is 5.60. The molecule has 0 bridgehead atoms. The lowest BCUT2D eigenvalue weighted by molar-refractivity contribution is -0.115. The number of nitrogens with one attached hydrogen (secondary N) is 1. The van der Waals surface area contributed by atoms with Gasteiger partial charge in [-0.05, 0) is 41.8 Å². The molecule has 1 amide bonds. The Bertz CT molecular complexity index is 806. The number of hydrogen-bond acceptors (Lipinski definition) is 3. The highest BCUT2D eigenvalue weighted by Crippen LogP contribution is 2.32. The zero-order chi connectivity index (χ0) is 16.4. The maximum atomic E-state index is 12.1. The molecule has 3 rings (SSSR count). The van der Waals surface area contributed by atoms with E-state index >= 15 is 0 Å². The van der Waals surface area contributed by atoms with Crippen molar-refractivity contribution < 1.29 is 19.4 Å². The number of anilines is 1. The van der Waals surface area contributed by atoms with Crippen molar-refractivity contribution in [3.05, 3.63) is 64.9 Å². The van der Waals surface area contributed by atoms with Gasteiger partial charge < -0.3 is 15.2 Å². The Morgan fingerprint density at radius 2 is 1.96 bits per heavy atom. The van der Waals surface area contributed by atoms with Gasteiger partial charge in [0.25, 0.3) is 5.91 Å². The van der Waals surface area contributed by atoms with E-state index in [0.717, 1.165) is 12.0 Å². The van der Waals surface area contributed by atoms with E-state index in [1.54, 1.807) is 6.08 Å². The summed E-state index contributed by atoms with van der Waals surface area (Å²) in [6.07, 6.45) is 2.61. The highest BCUT2D eigenvalue weighted by atomic mass is 16.5. The fraction of sp³-hybridized carbons (Fsp3) is 0.111. The van der Waals surface area contributed by atoms with Crippen LogP contribution in [0.25, 0.3) is 6.08 Å². The molecule has 0 aliphatic carbocycles. The number of carbonyl (C=O) groups is 2. The van der Waals surface area contributed by atoms with Crippen LogP contribution in [0.2, 0.25) is 0 Å². The standard InChI is InChI=1S/C18H15NO4/c1-2-11-3-5-12(6-4-11)9-16-17(20)19-14-10-13(18(21)22)7-8-15(14)23-16/h3-10H,2H2,1H3,(H,19,20)(H,21,22)/b16-9+. The minimum atomic E-state index is -1.06. The molecular formula is C18H15NO4. The second kappa shape index (κ2) is 5.96. The number of amides is 1. The summed E-state index contributed by atoms with van der Waals surface area (Å²) in [5.41, 5.74) is 2.52. The maximum absolute atomic E-state index is 12.1. The summed E-state index contributed by atoms with van der Waals surface area (Å²) in [5.74, 6) is -0.866. The number of aromatic carboxylic acids is 1. The number of carboxylic acids is 1. The van der Waals surface area contributed by atoms with Crippen LogP contribution in [0, 0.1) is 0 Å². The number of fused-ring (bicyclic) bond motifs is 1. The van der Waals surface area contributed by atoms with Crippen molar-refractivity contribution in [1.29, 1.82) is 0 Å². The van der Waals surface area contributed by atoms with E-state index in [-0.39, 0.29) is 11.3 Å². The monoisotopic (exact) mass is 309 g/mol. The first-order valence-corrected chi connectivity index (χ1v) is 7.24. The smallest absolute Gasteiger partial charge is 0.335 e. The van der Waals surface area contributed by atoms with Crippen LogP contribution < -0.4 is 10.1 Å². The highest BCUT2D eigenvalue weighted by Gasteiger charge is 2.23. The Labute approximate surface area is 133 Å². The third kappa shape index (κ3) is 3.08. The second-order valence-electron chi connectivity index (χ2n) is 5.18. The van der Waals surface area contributed by atoms with Gasteiger partial charge in [-0.3, -0.25) is 4.79 Å². The van der Waals surface area contributed by atoms with Crippen LogP contribution >= 0.6 is 0 Å². The quantitative estimate of drug-likeness (QED) is 0.853. The predicted octanol–water partition coefficient (Wildman–Crippen LogP) is 3.32. The molecule has 23 heavy (non-hydrogen) atoms. The van der Waals surface area contributed by atoms with Gasteiger partial charge >= 0.3 is 5.97 Å². The first-order valence-electron chi connectivity index (χ1n) is 7.24. The van der Waals surface area contributed by atoms with Gasteiger partial charge in [-0.1, -0.05) is 31.2 Å². The number of aryl methyl sites for hydroxylation is 1. The largest absolute Gasteiger partial charge is 0.478 e. The second-order valence-corrected chi connectivity index (χ2v) is 5.18. The molecular weight excluding hydrogens is 294 g/mol. The van der Waals surface area contributed by atoms with Crippen LogP contribution in [0.15, 0.2) is 48.2 Å². The number of benzene rings is 2. The van der Waals surface area contributed by atoms with E-state index < -0.39 is 11.9 Å². The molecule has 1 aliphatic rings. The lowest BCUT2D eigenvalue weighted by atomic mass is 10.1. The number of rotatable bonds is 3. The van der Waals surface area contributed by atoms with E-state index in [2.05, 4.69) is 12.2 Å². The average molecular weight is 309 g/mol. The van der Waals surface area contributed by atoms with E-state index in [4.69, 9.17) is 9.84 Å². The molecule has 116 valence electrons. The summed E-state index contributed by atoms with van der Waals surface area (Å²) >= 11 is 0. The summed E-state index contributed by atoms with van der Waals surface area (Å²) in [5, 5.41) is 11.6. The zero-order valence-electron chi connectivity index (χ0n) is 12.5. The minimum absolute atomic E-state index is 0.0928. The SMILES string of the molecule is CCc1ccc(/C=C2/Oc3ccc(C(=O)O)cc3NC2=O)cc1. The molecule has 0 fully saturated rings. The van der Waals surface area contributed by atoms with Crippen LogP contribution in [0.5, 0.6) is 5.75 Å². The van der Waals surface area contributed by atoms with Gasteiger partial charge in [-0.2, -0.15) is 0 Å². The fourth-order valence-corrected chi connectivity index (χ4v) is 2.29. The van der Waals surface area contributed by atoms with Gasteiger partial charge in [0.1, 0.15) is 0 Å². The lowest BCUT2D eigenvalue weighted by Gasteiger charge is -2.20. The van der Waals surface area contributed by atoms with Gasteiger partial charge in [0.15, 0.2) is 11.5 Å². The molecule has 0 unspecified atom stereocenters. The van der Waals surface area contributed by atoms with Crippen LogP contribution in [0.1, 0.15) is 28.4 Å². The van der Waals surface area contributed by atoms with Crippen molar-refractivity contribution in [3.63, 3.8) is 0 Å². The molecule has 2 N–H and O–H groups in total. The molecule has 1 heterocycles. The molecule has 0 atom stereocenters. The van der Waals surface area contributed by atoms with E-state index in [1.165, 1.54) is 23.8 Å². The molecule has 2 aromatic carbocycles. The average Bonchev–Trinajstić information content (AvgIpc) is 2.55. The van der Waals surface area contributed by atoms with Gasteiger partial charge in [-0.25, -0.2) is 4.79 Å². The fourth-order valence-electron chi connectivity index (χ4n) is 2.29. The number of hydrogen-bond donors (Lipinski definition) is 2. The van der Waals surface area contributed by atoms with Crippen molar-refractivity contribution in [3.8, 4) is 5.75 Å². The van der Waals surface area contributed by atoms with Crippen LogP contribution in [-0.2, 0) is 11.2 Å². The summed E-state index contributed by atoms with van der Waals surface area (Å²) in [6.45, 7) is 2.08. The third-order valence-corrected chi connectivity index (χ3v) is 3.60. The van der Waals surface area contributed by atoms with Crippen molar-refractivity contribution in [2.75, 3.05) is 5.32 Å². The van der Waals surface area contributed by atoms with Crippen LogP contribution in [0.4, 0.5) is 5.69 Å². The number of carbonyl (C=O) groups excluding carboxylic acids is 1. The molecule has 5 heteroatoms. The van der Waals surface area contributed by atoms with Crippen molar-refractivity contribution >= 4 is 23.6 Å². The normalized spacial score (nSPS) is 14.8. The van der Waals surface area contributed by atoms with Crippen molar-refractivity contribution in [1.82, 2.24) is 0 Å². The Hall–Kier alpha value is -3.08. The molecule has 2 aromatic rings. The molecule has 0 spiro atoms. The Kier molecular flexibility index (Phi) is 3.85. The highest BCUT2D eigenvalue weighted by molar-refractivity contribution is 6.08. The van der Waals surface area contributed by atoms with E-state index in [0.29, 0.717) is 11.4 Å². The Morgan fingerprint density at radius 1 is 1.22 bits per heavy atom. The summed E-state index contributed by atoms with van der Waals surface area (Å²) in [7, 11) is 0. The van der Waals surface area contributed by atoms with Crippen molar-refractivity contribution in [2.45, 2.75) is 13.3 Å². The molecule has 1 aliphatic heterocycles. The Balaban J connectivity index is 1.89. The first-order chi connectivity index (χ1) is 11.1. The van der Waals surface area contributed by atoms with Gasteiger partial charge in [-0.15, -0.1) is 0 Å². The molecule has 5 nitrogen and oxygen atoms in total. The number of carboxylic acid groups (broad SMARTS) is 1. The van der Waals surface area contributed by atoms with Crippen LogP contribution in [-0.4, -0.2) is 17.0 Å². The van der Waals surface area contributed by atoms with Crippen molar-refractivity contribution in [2.24, 2.45) is 0 Å². The third-order valence-electron chi connectivity index (χ3n) is 3.60. The van der Waals surface area contributed by atoms with E-state index in [1.807, 2.05) is 24.3 Å². The molecule has 0 saturated carbocycles. The van der Waals surface area contributed by atoms with Gasteiger partial charge in [0, 0.05) is 0 Å². The Morgan fingerprint density at radius 3 is 2.61 bits per heavy atom. The summed E-state index contributed by atoms with van der Waals surface area (Å²) in [4.78, 5) is 23.1. The van der Waals surface area contributed by atoms with Crippen LogP contribution in [0.3, 0.4) is 0 Å². The number of ether oxygens (including phenoxy) is 1. The maximum Gasteiger partial charge on any atom is 0.335 e. The predicted molar refractivity (Wildman–Crippen MR) is 86.5 cm³/mol. The molecule has 0 aromatic heterocycles. The minimum Gasteiger partial charge on any atom is -0.478 e. The first kappa shape index (κ1) is 14.8.